The second-order valence-electron chi connectivity index (χ2n) is 3.79. The highest BCUT2D eigenvalue weighted by Gasteiger charge is 2.48. The van der Waals surface area contributed by atoms with Crippen molar-refractivity contribution in [3.8, 4) is 5.75 Å². The van der Waals surface area contributed by atoms with Crippen LogP contribution in [0.1, 0.15) is 11.3 Å². The summed E-state index contributed by atoms with van der Waals surface area (Å²) < 4.78 is 66.5. The molecule has 0 N–H and O–H groups in total. The Morgan fingerprint density at radius 1 is 1.15 bits per heavy atom. The van der Waals surface area contributed by atoms with Gasteiger partial charge in [-0.05, 0) is 17.7 Å². The largest absolute Gasteiger partial charge is 0.534 e. The second kappa shape index (κ2) is 5.16. The number of nitrogens with zero attached hydrogens (tertiary/aromatic N) is 1. The van der Waals surface area contributed by atoms with Crippen LogP contribution in [0.25, 0.3) is 0 Å². The highest BCUT2D eigenvalue weighted by Crippen LogP contribution is 2.27. The van der Waals surface area contributed by atoms with Gasteiger partial charge in [-0.1, -0.05) is 17.3 Å². The van der Waals surface area contributed by atoms with Crippen molar-refractivity contribution in [3.63, 3.8) is 0 Å². The van der Waals surface area contributed by atoms with Gasteiger partial charge >= 0.3 is 15.6 Å². The monoisotopic (exact) mass is 307 g/mol. The maximum atomic E-state index is 12.1. The topological polar surface area (TPSA) is 69.4 Å². The van der Waals surface area contributed by atoms with E-state index in [4.69, 9.17) is 0 Å². The number of halogens is 3. The van der Waals surface area contributed by atoms with Gasteiger partial charge in [0.2, 0.25) is 0 Å². The van der Waals surface area contributed by atoms with Gasteiger partial charge < -0.3 is 8.71 Å². The third-order valence-corrected chi connectivity index (χ3v) is 3.27. The zero-order valence-electron chi connectivity index (χ0n) is 9.79. The molecule has 2 aromatic rings. The lowest BCUT2D eigenvalue weighted by molar-refractivity contribution is -0.0500. The molecule has 0 aliphatic carbocycles. The first-order valence-electron chi connectivity index (χ1n) is 5.27. The van der Waals surface area contributed by atoms with Gasteiger partial charge in [0.1, 0.15) is 12.0 Å². The minimum absolute atomic E-state index is 0.406. The first kappa shape index (κ1) is 14.4. The van der Waals surface area contributed by atoms with E-state index in [1.165, 1.54) is 18.4 Å². The van der Waals surface area contributed by atoms with Crippen molar-refractivity contribution in [3.05, 3.63) is 47.9 Å². The first-order chi connectivity index (χ1) is 9.28. The van der Waals surface area contributed by atoms with Crippen LogP contribution in [-0.4, -0.2) is 19.1 Å². The summed E-state index contributed by atoms with van der Waals surface area (Å²) in [7, 11) is -5.64. The Balaban J connectivity index is 2.09. The molecule has 0 fully saturated rings. The Hall–Kier alpha value is -2.03. The second-order valence-corrected chi connectivity index (χ2v) is 5.33. The van der Waals surface area contributed by atoms with Crippen LogP contribution in [0.5, 0.6) is 5.75 Å². The smallest absolute Gasteiger partial charge is 0.376 e. The van der Waals surface area contributed by atoms with Gasteiger partial charge in [0.05, 0.1) is 5.69 Å². The van der Waals surface area contributed by atoms with E-state index in [1.54, 1.807) is 6.07 Å². The molecule has 1 heterocycles. The van der Waals surface area contributed by atoms with Crippen LogP contribution in [0.4, 0.5) is 13.2 Å². The van der Waals surface area contributed by atoms with Crippen LogP contribution in [0.3, 0.4) is 0 Å². The number of rotatable bonds is 4. The summed E-state index contributed by atoms with van der Waals surface area (Å²) >= 11 is 0. The zero-order chi connectivity index (χ0) is 14.8. The Labute approximate surface area is 112 Å². The maximum absolute atomic E-state index is 12.1. The van der Waals surface area contributed by atoms with Crippen molar-refractivity contribution in [1.29, 1.82) is 0 Å². The molecule has 108 valence electrons. The number of alkyl halides is 3. The molecule has 20 heavy (non-hydrogen) atoms. The number of benzene rings is 1. The van der Waals surface area contributed by atoms with Crippen molar-refractivity contribution in [1.82, 2.24) is 5.16 Å². The van der Waals surface area contributed by atoms with E-state index in [0.717, 1.165) is 17.7 Å². The third kappa shape index (κ3) is 3.29. The fraction of sp³-hybridized carbons (Fsp3) is 0.182. The average molecular weight is 307 g/mol. The van der Waals surface area contributed by atoms with Gasteiger partial charge in [-0.25, -0.2) is 0 Å². The summed E-state index contributed by atoms with van der Waals surface area (Å²) in [6, 6.07) is 6.79. The Kier molecular flexibility index (Phi) is 3.71. The normalized spacial score (nSPS) is 12.3. The molecule has 1 aromatic heterocycles. The van der Waals surface area contributed by atoms with E-state index in [2.05, 4.69) is 13.9 Å². The molecule has 0 bridgehead atoms. The molecule has 0 radical (unpaired) electrons. The Morgan fingerprint density at radius 2 is 1.80 bits per heavy atom. The molecular weight excluding hydrogens is 299 g/mol. The van der Waals surface area contributed by atoms with Gasteiger partial charge in [-0.15, -0.1) is 0 Å². The molecule has 5 nitrogen and oxygen atoms in total. The van der Waals surface area contributed by atoms with Gasteiger partial charge in [0.25, 0.3) is 0 Å². The van der Waals surface area contributed by atoms with E-state index in [1.807, 2.05) is 0 Å². The number of hydrogen-bond acceptors (Lipinski definition) is 5. The van der Waals surface area contributed by atoms with Crippen LogP contribution >= 0.6 is 0 Å². The van der Waals surface area contributed by atoms with E-state index < -0.39 is 21.4 Å². The summed E-state index contributed by atoms with van der Waals surface area (Å²) in [5.41, 5.74) is -4.09. The molecule has 0 aliphatic heterocycles. The molecule has 0 spiro atoms. The van der Waals surface area contributed by atoms with Crippen molar-refractivity contribution in [2.75, 3.05) is 0 Å². The summed E-state index contributed by atoms with van der Waals surface area (Å²) in [6.45, 7) is 0. The van der Waals surface area contributed by atoms with Gasteiger partial charge in [0.15, 0.2) is 0 Å². The molecule has 0 amide bonds. The third-order valence-electron chi connectivity index (χ3n) is 2.29. The highest BCUT2D eigenvalue weighted by molar-refractivity contribution is 7.87. The molecule has 0 aliphatic rings. The Bertz CT molecular complexity index is 663. The summed E-state index contributed by atoms with van der Waals surface area (Å²) in [5.74, 6) is -0.411. The lowest BCUT2D eigenvalue weighted by atomic mass is 10.1. The molecule has 2 rings (SSSR count). The van der Waals surface area contributed by atoms with Crippen molar-refractivity contribution >= 4 is 10.1 Å². The quantitative estimate of drug-likeness (QED) is 0.641. The van der Waals surface area contributed by atoms with Crippen molar-refractivity contribution in [2.45, 2.75) is 11.9 Å². The van der Waals surface area contributed by atoms with Crippen LogP contribution in [0.2, 0.25) is 0 Å². The molecule has 9 heteroatoms. The molecular formula is C11H8F3NO4S. The molecule has 0 saturated carbocycles. The number of hydrogen-bond donors (Lipinski definition) is 0. The van der Waals surface area contributed by atoms with Gasteiger partial charge in [-0.2, -0.15) is 21.6 Å². The standard InChI is InChI=1S/C11H8F3NO4S/c12-11(13,14)20(16,17)19-10-3-1-8(2-4-10)7-9-5-6-18-15-9/h1-6H,7H2. The lowest BCUT2D eigenvalue weighted by Crippen LogP contribution is -2.28. The van der Waals surface area contributed by atoms with Crippen molar-refractivity contribution in [2.24, 2.45) is 0 Å². The average Bonchev–Trinajstić information content (AvgIpc) is 2.83. The minimum Gasteiger partial charge on any atom is -0.376 e. The fourth-order valence-electron chi connectivity index (χ4n) is 1.37. The zero-order valence-corrected chi connectivity index (χ0v) is 10.6. The van der Waals surface area contributed by atoms with Crippen LogP contribution in [0.15, 0.2) is 41.1 Å². The first-order valence-corrected chi connectivity index (χ1v) is 6.68. The molecule has 0 saturated heterocycles. The van der Waals surface area contributed by atoms with E-state index in [-0.39, 0.29) is 0 Å². The molecule has 0 unspecified atom stereocenters. The lowest BCUT2D eigenvalue weighted by Gasteiger charge is -2.09. The van der Waals surface area contributed by atoms with E-state index >= 15 is 0 Å². The van der Waals surface area contributed by atoms with Crippen molar-refractivity contribution < 1.29 is 30.3 Å². The summed E-state index contributed by atoms with van der Waals surface area (Å²) in [5, 5.41) is 3.67. The highest BCUT2D eigenvalue weighted by atomic mass is 32.2. The van der Waals surface area contributed by atoms with Crippen LogP contribution in [-0.2, 0) is 16.5 Å². The molecule has 0 atom stereocenters. The molecule has 1 aromatic carbocycles. The predicted molar refractivity (Wildman–Crippen MR) is 61.4 cm³/mol. The predicted octanol–water partition coefficient (Wildman–Crippen LogP) is 2.49. The SMILES string of the molecule is O=S(=O)(Oc1ccc(Cc2ccon2)cc1)C(F)(F)F. The minimum atomic E-state index is -5.64. The van der Waals surface area contributed by atoms with Gasteiger partial charge in [-0.3, -0.25) is 0 Å². The fourth-order valence-corrected chi connectivity index (χ4v) is 1.83. The van der Waals surface area contributed by atoms with Crippen LogP contribution < -0.4 is 4.18 Å². The summed E-state index contributed by atoms with van der Waals surface area (Å²) in [6.07, 6.45) is 1.80. The van der Waals surface area contributed by atoms with E-state index in [0.29, 0.717) is 12.1 Å². The van der Waals surface area contributed by atoms with Gasteiger partial charge in [0, 0.05) is 12.5 Å². The Morgan fingerprint density at radius 3 is 2.30 bits per heavy atom. The number of aromatic nitrogens is 1. The van der Waals surface area contributed by atoms with Crippen LogP contribution in [0, 0.1) is 0 Å². The summed E-state index contributed by atoms with van der Waals surface area (Å²) in [4.78, 5) is 0. The van der Waals surface area contributed by atoms with E-state index in [9.17, 15) is 21.6 Å². The maximum Gasteiger partial charge on any atom is 0.534 e.